The molecular formula is C23H19IN4O2S. The fraction of sp³-hybridized carbons (Fsp3) is 0.130. The predicted octanol–water partition coefficient (Wildman–Crippen LogP) is 4.68. The summed E-state index contributed by atoms with van der Waals surface area (Å²) in [5.74, 6) is -0.714. The van der Waals surface area contributed by atoms with Gasteiger partial charge in [0.1, 0.15) is 10.6 Å². The maximum Gasteiger partial charge on any atom is 0.278 e. The van der Waals surface area contributed by atoms with Gasteiger partial charge in [-0.2, -0.15) is 0 Å². The van der Waals surface area contributed by atoms with Crippen molar-refractivity contribution >= 4 is 51.9 Å². The van der Waals surface area contributed by atoms with Gasteiger partial charge in [0.15, 0.2) is 5.16 Å². The number of imide groups is 1. The summed E-state index contributed by atoms with van der Waals surface area (Å²) in [7, 11) is 0. The van der Waals surface area contributed by atoms with Crippen molar-refractivity contribution in [1.82, 2.24) is 14.9 Å². The van der Waals surface area contributed by atoms with Gasteiger partial charge in [0.25, 0.3) is 11.8 Å². The first-order valence-corrected chi connectivity index (χ1v) is 11.5. The molecule has 0 unspecified atom stereocenters. The third-order valence-corrected chi connectivity index (χ3v) is 6.24. The normalized spacial score (nSPS) is 13.8. The number of nitrogens with one attached hydrogen (secondary N) is 1. The van der Waals surface area contributed by atoms with Gasteiger partial charge in [0, 0.05) is 20.6 Å². The Balaban J connectivity index is 1.69. The lowest BCUT2D eigenvalue weighted by Crippen LogP contribution is -2.31. The second-order valence-corrected chi connectivity index (χ2v) is 9.28. The number of thioether (sulfide) groups is 1. The van der Waals surface area contributed by atoms with Gasteiger partial charge in [-0.15, -0.1) is 0 Å². The van der Waals surface area contributed by atoms with Crippen LogP contribution in [0.5, 0.6) is 0 Å². The topological polar surface area (TPSA) is 75.2 Å². The van der Waals surface area contributed by atoms with Crippen LogP contribution in [0.25, 0.3) is 0 Å². The Hall–Kier alpha value is -2.72. The summed E-state index contributed by atoms with van der Waals surface area (Å²) in [4.78, 5) is 36.9. The minimum atomic E-state index is -0.362. The van der Waals surface area contributed by atoms with Gasteiger partial charge in [-0.3, -0.25) is 14.5 Å². The van der Waals surface area contributed by atoms with Gasteiger partial charge in [-0.25, -0.2) is 9.97 Å². The number of aromatic nitrogens is 2. The molecule has 0 spiro atoms. The number of rotatable bonds is 6. The summed E-state index contributed by atoms with van der Waals surface area (Å²) in [6.45, 7) is 3.95. The molecule has 0 saturated heterocycles. The number of anilines is 1. The van der Waals surface area contributed by atoms with Gasteiger partial charge in [0.2, 0.25) is 0 Å². The largest absolute Gasteiger partial charge is 0.350 e. The van der Waals surface area contributed by atoms with Crippen LogP contribution in [0, 0.1) is 17.4 Å². The molecule has 2 heterocycles. The third kappa shape index (κ3) is 4.96. The van der Waals surface area contributed by atoms with Crippen LogP contribution in [0.2, 0.25) is 0 Å². The SMILES string of the molecule is Cc1cc(C)nc(SC2=C(Nc3ccc(I)cc3)C(=O)N(Cc3ccccc3)C2=O)n1. The number of hydrogen-bond acceptors (Lipinski definition) is 6. The number of halogens is 1. The van der Waals surface area contributed by atoms with Gasteiger partial charge >= 0.3 is 0 Å². The first-order chi connectivity index (χ1) is 14.9. The fourth-order valence-corrected chi connectivity index (χ4v) is 4.54. The average Bonchev–Trinajstić information content (AvgIpc) is 2.94. The molecule has 1 N–H and O–H groups in total. The second kappa shape index (κ2) is 9.19. The van der Waals surface area contributed by atoms with E-state index < -0.39 is 0 Å². The molecule has 4 rings (SSSR count). The number of aryl methyl sites for hydroxylation is 2. The molecule has 0 fully saturated rings. The summed E-state index contributed by atoms with van der Waals surface area (Å²) in [5, 5.41) is 3.59. The van der Waals surface area contributed by atoms with Crippen molar-refractivity contribution in [1.29, 1.82) is 0 Å². The Bertz CT molecular complexity index is 1160. The molecule has 0 saturated carbocycles. The number of benzene rings is 2. The first-order valence-electron chi connectivity index (χ1n) is 9.58. The van der Waals surface area contributed by atoms with Crippen LogP contribution in [0.4, 0.5) is 5.69 Å². The molecular weight excluding hydrogens is 523 g/mol. The zero-order valence-electron chi connectivity index (χ0n) is 16.9. The quantitative estimate of drug-likeness (QED) is 0.277. The van der Waals surface area contributed by atoms with E-state index in [9.17, 15) is 9.59 Å². The monoisotopic (exact) mass is 542 g/mol. The molecule has 2 aromatic carbocycles. The molecule has 0 atom stereocenters. The van der Waals surface area contributed by atoms with Gasteiger partial charge in [-0.05, 0) is 84.1 Å². The Kier molecular flexibility index (Phi) is 6.38. The molecule has 1 aromatic heterocycles. The number of carbonyl (C=O) groups excluding carboxylic acids is 2. The van der Waals surface area contributed by atoms with Crippen molar-refractivity contribution < 1.29 is 9.59 Å². The molecule has 3 aromatic rings. The van der Waals surface area contributed by atoms with E-state index >= 15 is 0 Å². The number of nitrogens with zero attached hydrogens (tertiary/aromatic N) is 3. The molecule has 31 heavy (non-hydrogen) atoms. The molecule has 0 bridgehead atoms. The lowest BCUT2D eigenvalue weighted by atomic mass is 10.2. The van der Waals surface area contributed by atoms with Crippen LogP contribution in [0.15, 0.2) is 76.4 Å². The highest BCUT2D eigenvalue weighted by molar-refractivity contribution is 14.1. The van der Waals surface area contributed by atoms with E-state index in [-0.39, 0.29) is 24.1 Å². The highest BCUT2D eigenvalue weighted by Crippen LogP contribution is 2.35. The standard InChI is InChI=1S/C23H19IN4O2S/c1-14-12-15(2)26-23(25-14)31-20-19(27-18-10-8-17(24)9-11-18)21(29)28(22(20)30)13-16-6-4-3-5-7-16/h3-12,27H,13H2,1-2H3. The van der Waals surface area contributed by atoms with E-state index in [0.717, 1.165) is 38.0 Å². The van der Waals surface area contributed by atoms with E-state index in [1.807, 2.05) is 74.5 Å². The Morgan fingerprint density at radius 3 is 2.23 bits per heavy atom. The van der Waals surface area contributed by atoms with E-state index in [0.29, 0.717) is 10.1 Å². The van der Waals surface area contributed by atoms with Crippen LogP contribution < -0.4 is 5.32 Å². The van der Waals surface area contributed by atoms with Crippen molar-refractivity contribution in [2.24, 2.45) is 0 Å². The van der Waals surface area contributed by atoms with Crippen molar-refractivity contribution in [2.75, 3.05) is 5.32 Å². The summed E-state index contributed by atoms with van der Waals surface area (Å²) in [6.07, 6.45) is 0. The number of amides is 2. The summed E-state index contributed by atoms with van der Waals surface area (Å²) in [6, 6.07) is 19.0. The van der Waals surface area contributed by atoms with Gasteiger partial charge in [0.05, 0.1) is 6.54 Å². The summed E-state index contributed by atoms with van der Waals surface area (Å²) < 4.78 is 1.08. The summed E-state index contributed by atoms with van der Waals surface area (Å²) in [5.41, 5.74) is 3.47. The first kappa shape index (κ1) is 21.5. The van der Waals surface area contributed by atoms with Crippen molar-refractivity contribution in [3.63, 3.8) is 0 Å². The molecule has 1 aliphatic heterocycles. The molecule has 156 valence electrons. The zero-order valence-corrected chi connectivity index (χ0v) is 19.9. The van der Waals surface area contributed by atoms with Crippen LogP contribution in [0.1, 0.15) is 17.0 Å². The molecule has 6 nitrogen and oxygen atoms in total. The van der Waals surface area contributed by atoms with Crippen molar-refractivity contribution in [3.8, 4) is 0 Å². The number of carbonyl (C=O) groups is 2. The van der Waals surface area contributed by atoms with Crippen LogP contribution >= 0.6 is 34.4 Å². The van der Waals surface area contributed by atoms with Crippen molar-refractivity contribution in [2.45, 2.75) is 25.5 Å². The lowest BCUT2D eigenvalue weighted by molar-refractivity contribution is -0.137. The Labute approximate surface area is 198 Å². The van der Waals surface area contributed by atoms with Gasteiger partial charge in [-0.1, -0.05) is 30.3 Å². The van der Waals surface area contributed by atoms with E-state index in [4.69, 9.17) is 0 Å². The van der Waals surface area contributed by atoms with Crippen LogP contribution in [-0.2, 0) is 16.1 Å². The second-order valence-electron chi connectivity index (χ2n) is 7.05. The minimum Gasteiger partial charge on any atom is -0.350 e. The number of hydrogen-bond donors (Lipinski definition) is 1. The highest BCUT2D eigenvalue weighted by Gasteiger charge is 2.39. The minimum absolute atomic E-state index is 0.203. The zero-order chi connectivity index (χ0) is 22.0. The van der Waals surface area contributed by atoms with Crippen LogP contribution in [0.3, 0.4) is 0 Å². The molecule has 1 aliphatic rings. The van der Waals surface area contributed by atoms with E-state index in [1.54, 1.807) is 0 Å². The van der Waals surface area contributed by atoms with Gasteiger partial charge < -0.3 is 5.32 Å². The molecule has 0 radical (unpaired) electrons. The molecule has 0 aliphatic carbocycles. The fourth-order valence-electron chi connectivity index (χ4n) is 3.18. The highest BCUT2D eigenvalue weighted by atomic mass is 127. The average molecular weight is 542 g/mol. The maximum atomic E-state index is 13.3. The van der Waals surface area contributed by atoms with Crippen LogP contribution in [-0.4, -0.2) is 26.7 Å². The smallest absolute Gasteiger partial charge is 0.278 e. The van der Waals surface area contributed by atoms with Crippen molar-refractivity contribution in [3.05, 3.63) is 91.8 Å². The summed E-state index contributed by atoms with van der Waals surface area (Å²) >= 11 is 3.34. The lowest BCUT2D eigenvalue weighted by Gasteiger charge is -2.15. The molecule has 2 amide bonds. The van der Waals surface area contributed by atoms with E-state index in [2.05, 4.69) is 37.9 Å². The third-order valence-electron chi connectivity index (χ3n) is 4.58. The maximum absolute atomic E-state index is 13.3. The van der Waals surface area contributed by atoms with E-state index in [1.165, 1.54) is 4.90 Å². The Morgan fingerprint density at radius 1 is 0.935 bits per heavy atom. The Morgan fingerprint density at radius 2 is 1.58 bits per heavy atom. The predicted molar refractivity (Wildman–Crippen MR) is 129 cm³/mol. The molecule has 8 heteroatoms.